The minimum atomic E-state index is -1.42. The number of Topliss-reactive ketones (excluding diaryl/α,β-unsaturated/α-hetero) is 1. The topological polar surface area (TPSA) is 60.8 Å². The summed E-state index contributed by atoms with van der Waals surface area (Å²) in [6.45, 7) is 2.50. The molecule has 156 valence electrons. The lowest BCUT2D eigenvalue weighted by Crippen LogP contribution is -2.51. The van der Waals surface area contributed by atoms with Crippen LogP contribution in [-0.4, -0.2) is 39.1 Å². The van der Waals surface area contributed by atoms with Gasteiger partial charge in [-0.1, -0.05) is 91.0 Å². The third-order valence-corrected chi connectivity index (χ3v) is 5.35. The number of benzene rings is 3. The Labute approximate surface area is 178 Å². The van der Waals surface area contributed by atoms with Crippen LogP contribution in [0.4, 0.5) is 0 Å². The summed E-state index contributed by atoms with van der Waals surface area (Å²) in [6.07, 6.45) is -2.10. The largest absolute Gasteiger partial charge is 0.388 e. The summed E-state index contributed by atoms with van der Waals surface area (Å²) in [4.78, 5) is 14.0. The highest BCUT2D eigenvalue weighted by Gasteiger charge is 2.33. The summed E-state index contributed by atoms with van der Waals surface area (Å²) in [5, 5.41) is 21.4. The molecule has 0 radical (unpaired) electrons. The fraction of sp³-hybridized carbons (Fsp3) is 0.269. The van der Waals surface area contributed by atoms with Gasteiger partial charge in [0.1, 0.15) is 12.2 Å². The third kappa shape index (κ3) is 6.10. The quantitative estimate of drug-likeness (QED) is 0.543. The summed E-state index contributed by atoms with van der Waals surface area (Å²) in [6, 6.07) is 29.5. The van der Waals surface area contributed by atoms with Crippen LogP contribution in [0, 0.1) is 0 Å². The molecule has 30 heavy (non-hydrogen) atoms. The van der Waals surface area contributed by atoms with Crippen molar-refractivity contribution in [2.45, 2.75) is 44.7 Å². The molecule has 4 heteroatoms. The summed E-state index contributed by atoms with van der Waals surface area (Å²) in [5.41, 5.74) is 3.26. The molecule has 3 aromatic carbocycles. The van der Waals surface area contributed by atoms with Crippen molar-refractivity contribution in [1.82, 2.24) is 4.90 Å². The summed E-state index contributed by atoms with van der Waals surface area (Å²) in [7, 11) is 0. The highest BCUT2D eigenvalue weighted by molar-refractivity contribution is 5.80. The van der Waals surface area contributed by atoms with Crippen LogP contribution < -0.4 is 0 Å². The Balaban J connectivity index is 1.95. The summed E-state index contributed by atoms with van der Waals surface area (Å²) < 4.78 is 0. The third-order valence-electron chi connectivity index (χ3n) is 5.35. The van der Waals surface area contributed by atoms with E-state index in [4.69, 9.17) is 0 Å². The van der Waals surface area contributed by atoms with E-state index in [1.54, 1.807) is 0 Å². The minimum absolute atomic E-state index is 0.431. The molecule has 0 unspecified atom stereocenters. The van der Waals surface area contributed by atoms with Gasteiger partial charge in [-0.2, -0.15) is 0 Å². The number of hydrogen-bond donors (Lipinski definition) is 2. The molecule has 0 fully saturated rings. The maximum absolute atomic E-state index is 11.9. The highest BCUT2D eigenvalue weighted by atomic mass is 16.3. The predicted molar refractivity (Wildman–Crippen MR) is 119 cm³/mol. The molecule has 2 N–H and O–H groups in total. The van der Waals surface area contributed by atoms with E-state index in [-0.39, 0.29) is 0 Å². The maximum Gasteiger partial charge on any atom is 0.160 e. The molecule has 0 bridgehead atoms. The van der Waals surface area contributed by atoms with Gasteiger partial charge in [0, 0.05) is 19.1 Å². The van der Waals surface area contributed by atoms with Gasteiger partial charge < -0.3 is 10.2 Å². The van der Waals surface area contributed by atoms with Crippen LogP contribution >= 0.6 is 0 Å². The average Bonchev–Trinajstić information content (AvgIpc) is 2.78. The van der Waals surface area contributed by atoms with Crippen molar-refractivity contribution in [2.24, 2.45) is 0 Å². The van der Waals surface area contributed by atoms with Crippen molar-refractivity contribution in [3.8, 4) is 0 Å². The van der Waals surface area contributed by atoms with Crippen LogP contribution in [0.3, 0.4) is 0 Å². The van der Waals surface area contributed by atoms with Gasteiger partial charge in [-0.05, 0) is 30.0 Å². The standard InChI is InChI=1S/C26H29NO3/c1-20(28)25(29)26(30)24(17-21-11-5-2-6-12-21)27(18-22-13-7-3-8-14-22)19-23-15-9-4-10-16-23/h2-16,24-26,29-30H,17-19H2,1H3/t24-,25+,26-/m0/s1. The van der Waals surface area contributed by atoms with Gasteiger partial charge in [0.2, 0.25) is 0 Å². The Bertz CT molecular complexity index is 858. The van der Waals surface area contributed by atoms with E-state index in [1.807, 2.05) is 91.0 Å². The van der Waals surface area contributed by atoms with E-state index < -0.39 is 24.0 Å². The SMILES string of the molecule is CC(=O)[C@@H](O)[C@@H](O)[C@H](Cc1ccccc1)N(Cc1ccccc1)Cc1ccccc1. The Kier molecular flexibility index (Phi) is 7.91. The van der Waals surface area contributed by atoms with E-state index >= 15 is 0 Å². The zero-order valence-corrected chi connectivity index (χ0v) is 17.3. The molecule has 4 nitrogen and oxygen atoms in total. The zero-order chi connectivity index (χ0) is 21.3. The van der Waals surface area contributed by atoms with Gasteiger partial charge in [-0.3, -0.25) is 9.69 Å². The van der Waals surface area contributed by atoms with E-state index in [1.165, 1.54) is 6.92 Å². The normalized spacial score (nSPS) is 14.3. The molecule has 0 spiro atoms. The monoisotopic (exact) mass is 403 g/mol. The van der Waals surface area contributed by atoms with E-state index in [2.05, 4.69) is 4.90 Å². The lowest BCUT2D eigenvalue weighted by atomic mass is 9.93. The molecule has 3 aromatic rings. The maximum atomic E-state index is 11.9. The van der Waals surface area contributed by atoms with Gasteiger partial charge in [-0.25, -0.2) is 0 Å². The molecule has 0 saturated carbocycles. The predicted octanol–water partition coefficient (Wildman–Crippen LogP) is 3.61. The number of ketones is 1. The number of aliphatic hydroxyl groups excluding tert-OH is 2. The minimum Gasteiger partial charge on any atom is -0.388 e. The first kappa shape index (κ1) is 21.9. The highest BCUT2D eigenvalue weighted by Crippen LogP contribution is 2.21. The van der Waals surface area contributed by atoms with E-state index in [0.29, 0.717) is 19.5 Å². The number of aliphatic hydroxyl groups is 2. The second-order valence-corrected chi connectivity index (χ2v) is 7.68. The molecular weight excluding hydrogens is 374 g/mol. The number of nitrogens with zero attached hydrogens (tertiary/aromatic N) is 1. The summed E-state index contributed by atoms with van der Waals surface area (Å²) >= 11 is 0. The van der Waals surface area contributed by atoms with Crippen LogP contribution in [0.2, 0.25) is 0 Å². The van der Waals surface area contributed by atoms with Crippen molar-refractivity contribution < 1.29 is 15.0 Å². The molecule has 0 saturated heterocycles. The lowest BCUT2D eigenvalue weighted by molar-refractivity contribution is -0.134. The molecule has 0 heterocycles. The van der Waals surface area contributed by atoms with Crippen molar-refractivity contribution in [1.29, 1.82) is 0 Å². The molecule has 0 aliphatic rings. The van der Waals surface area contributed by atoms with Gasteiger partial charge in [0.15, 0.2) is 5.78 Å². The number of carbonyl (C=O) groups excluding carboxylic acids is 1. The van der Waals surface area contributed by atoms with Gasteiger partial charge in [-0.15, -0.1) is 0 Å². The molecule has 3 atom stereocenters. The van der Waals surface area contributed by atoms with Gasteiger partial charge in [0.25, 0.3) is 0 Å². The molecule has 0 aromatic heterocycles. The van der Waals surface area contributed by atoms with E-state index in [9.17, 15) is 15.0 Å². The Morgan fingerprint density at radius 1 is 0.733 bits per heavy atom. The molecule has 0 aliphatic carbocycles. The first-order valence-electron chi connectivity index (χ1n) is 10.3. The lowest BCUT2D eigenvalue weighted by Gasteiger charge is -2.36. The number of hydrogen-bond acceptors (Lipinski definition) is 4. The van der Waals surface area contributed by atoms with Crippen LogP contribution in [-0.2, 0) is 24.3 Å². The smallest absolute Gasteiger partial charge is 0.160 e. The molecule has 0 aliphatic heterocycles. The second kappa shape index (κ2) is 10.8. The molecule has 3 rings (SSSR count). The van der Waals surface area contributed by atoms with Crippen LogP contribution in [0.25, 0.3) is 0 Å². The average molecular weight is 404 g/mol. The number of carbonyl (C=O) groups is 1. The van der Waals surface area contributed by atoms with Crippen LogP contribution in [0.1, 0.15) is 23.6 Å². The van der Waals surface area contributed by atoms with Crippen molar-refractivity contribution >= 4 is 5.78 Å². The Morgan fingerprint density at radius 2 is 1.13 bits per heavy atom. The van der Waals surface area contributed by atoms with Crippen LogP contribution in [0.15, 0.2) is 91.0 Å². The molecule has 0 amide bonds. The van der Waals surface area contributed by atoms with Crippen LogP contribution in [0.5, 0.6) is 0 Å². The Morgan fingerprint density at radius 3 is 1.53 bits per heavy atom. The Hall–Kier alpha value is -2.79. The fourth-order valence-corrected chi connectivity index (χ4v) is 3.70. The second-order valence-electron chi connectivity index (χ2n) is 7.68. The van der Waals surface area contributed by atoms with Gasteiger partial charge in [0.05, 0.1) is 0 Å². The first-order valence-corrected chi connectivity index (χ1v) is 10.3. The van der Waals surface area contributed by atoms with Crippen molar-refractivity contribution in [3.05, 3.63) is 108 Å². The van der Waals surface area contributed by atoms with E-state index in [0.717, 1.165) is 16.7 Å². The molecular formula is C26H29NO3. The van der Waals surface area contributed by atoms with Crippen molar-refractivity contribution in [2.75, 3.05) is 0 Å². The summed E-state index contributed by atoms with van der Waals surface area (Å²) in [5.74, 6) is -0.431. The first-order chi connectivity index (χ1) is 14.5. The van der Waals surface area contributed by atoms with Gasteiger partial charge >= 0.3 is 0 Å². The fourth-order valence-electron chi connectivity index (χ4n) is 3.70. The number of rotatable bonds is 10. The zero-order valence-electron chi connectivity index (χ0n) is 17.3. The van der Waals surface area contributed by atoms with Crippen molar-refractivity contribution in [3.63, 3.8) is 0 Å².